The number of carbonyl (C=O) groups is 2. The minimum atomic E-state index is -0.447. The molecule has 1 aromatic rings. The normalized spacial score (nSPS) is 25.4. The fraction of sp³-hybridized carbons (Fsp3) is 0.600. The molecule has 2 atom stereocenters. The van der Waals surface area contributed by atoms with Gasteiger partial charge in [-0.05, 0) is 37.8 Å². The third-order valence-corrected chi connectivity index (χ3v) is 5.07. The molecule has 2 fully saturated rings. The van der Waals surface area contributed by atoms with Crippen LogP contribution in [0.1, 0.15) is 48.2 Å². The molecule has 3 N–H and O–H groups in total. The lowest BCUT2D eigenvalue weighted by Gasteiger charge is -2.28. The summed E-state index contributed by atoms with van der Waals surface area (Å²) in [5, 5.41) is 16.3. The quantitative estimate of drug-likeness (QED) is 0.797. The molecule has 6 heteroatoms. The number of rotatable bonds is 4. The van der Waals surface area contributed by atoms with Gasteiger partial charge in [-0.15, -0.1) is 11.3 Å². The van der Waals surface area contributed by atoms with Gasteiger partial charge >= 0.3 is 0 Å². The minimum absolute atomic E-state index is 0.0477. The van der Waals surface area contributed by atoms with Crippen molar-refractivity contribution in [2.45, 2.75) is 50.7 Å². The smallest absolute Gasteiger partial charge is 0.261 e. The van der Waals surface area contributed by atoms with Crippen molar-refractivity contribution >= 4 is 28.2 Å². The van der Waals surface area contributed by atoms with Crippen LogP contribution in [0, 0.1) is 5.92 Å². The summed E-state index contributed by atoms with van der Waals surface area (Å²) in [4.78, 5) is 24.4. The summed E-state index contributed by atoms with van der Waals surface area (Å²) in [7, 11) is 0. The van der Waals surface area contributed by atoms with Crippen LogP contribution in [0.3, 0.4) is 0 Å². The van der Waals surface area contributed by atoms with Gasteiger partial charge in [-0.3, -0.25) is 9.59 Å². The Hall–Kier alpha value is -1.40. The first-order valence-electron chi connectivity index (χ1n) is 7.53. The third kappa shape index (κ3) is 3.63. The second kappa shape index (κ2) is 6.15. The van der Waals surface area contributed by atoms with Gasteiger partial charge in [-0.1, -0.05) is 12.8 Å². The van der Waals surface area contributed by atoms with Gasteiger partial charge in [0.1, 0.15) is 0 Å². The van der Waals surface area contributed by atoms with E-state index in [1.807, 2.05) is 0 Å². The van der Waals surface area contributed by atoms with Crippen LogP contribution >= 0.6 is 11.3 Å². The van der Waals surface area contributed by atoms with E-state index in [0.29, 0.717) is 9.88 Å². The molecule has 5 nitrogen and oxygen atoms in total. The zero-order valence-electron chi connectivity index (χ0n) is 11.8. The molecule has 2 aliphatic carbocycles. The zero-order valence-corrected chi connectivity index (χ0v) is 12.6. The van der Waals surface area contributed by atoms with Gasteiger partial charge in [-0.2, -0.15) is 0 Å². The van der Waals surface area contributed by atoms with Crippen molar-refractivity contribution in [3.05, 3.63) is 17.0 Å². The number of carbonyl (C=O) groups excluding carboxylic acids is 2. The number of aliphatic hydroxyl groups excluding tert-OH is 1. The van der Waals surface area contributed by atoms with Gasteiger partial charge in [0, 0.05) is 5.92 Å². The molecular weight excluding hydrogens is 288 g/mol. The molecule has 0 bridgehead atoms. The van der Waals surface area contributed by atoms with Crippen molar-refractivity contribution in [2.24, 2.45) is 5.92 Å². The van der Waals surface area contributed by atoms with E-state index < -0.39 is 6.10 Å². The summed E-state index contributed by atoms with van der Waals surface area (Å²) >= 11 is 1.28. The highest BCUT2D eigenvalue weighted by molar-refractivity contribution is 7.18. The number of hydrogen-bond acceptors (Lipinski definition) is 4. The molecule has 0 saturated heterocycles. The maximum absolute atomic E-state index is 12.2. The Balaban J connectivity index is 1.57. The number of amides is 2. The molecule has 0 unspecified atom stereocenters. The number of hydrogen-bond donors (Lipinski definition) is 3. The number of anilines is 1. The van der Waals surface area contributed by atoms with E-state index in [1.54, 1.807) is 12.1 Å². The molecule has 1 heterocycles. The highest BCUT2D eigenvalue weighted by Crippen LogP contribution is 2.31. The Kier molecular flexibility index (Phi) is 4.26. The molecule has 2 saturated carbocycles. The predicted octanol–water partition coefficient (Wildman–Crippen LogP) is 2.13. The van der Waals surface area contributed by atoms with Gasteiger partial charge < -0.3 is 15.7 Å². The van der Waals surface area contributed by atoms with Crippen LogP contribution < -0.4 is 10.6 Å². The first kappa shape index (κ1) is 14.5. The van der Waals surface area contributed by atoms with Crippen molar-refractivity contribution in [3.63, 3.8) is 0 Å². The first-order chi connectivity index (χ1) is 10.1. The Morgan fingerprint density at radius 3 is 2.62 bits per heavy atom. The van der Waals surface area contributed by atoms with E-state index in [4.69, 9.17) is 0 Å². The molecule has 0 spiro atoms. The van der Waals surface area contributed by atoms with Gasteiger partial charge in [0.05, 0.1) is 22.0 Å². The zero-order chi connectivity index (χ0) is 14.8. The van der Waals surface area contributed by atoms with Gasteiger partial charge in [0.2, 0.25) is 5.91 Å². The Labute approximate surface area is 127 Å². The number of nitrogens with one attached hydrogen (secondary N) is 2. The lowest BCUT2D eigenvalue weighted by Crippen LogP contribution is -2.44. The van der Waals surface area contributed by atoms with Crippen molar-refractivity contribution in [3.8, 4) is 0 Å². The third-order valence-electron chi connectivity index (χ3n) is 4.07. The lowest BCUT2D eigenvalue weighted by molar-refractivity contribution is -0.117. The van der Waals surface area contributed by atoms with Gasteiger partial charge in [-0.25, -0.2) is 0 Å². The van der Waals surface area contributed by atoms with Crippen LogP contribution in [0.5, 0.6) is 0 Å². The molecule has 3 rings (SSSR count). The summed E-state index contributed by atoms with van der Waals surface area (Å²) in [6.45, 7) is 0. The molecule has 1 aromatic heterocycles. The van der Waals surface area contributed by atoms with Crippen LogP contribution in [0.4, 0.5) is 5.00 Å². The summed E-state index contributed by atoms with van der Waals surface area (Å²) in [6, 6.07) is 3.33. The van der Waals surface area contributed by atoms with Crippen LogP contribution in [0.15, 0.2) is 12.1 Å². The van der Waals surface area contributed by atoms with Crippen molar-refractivity contribution < 1.29 is 14.7 Å². The van der Waals surface area contributed by atoms with Crippen LogP contribution in [0.2, 0.25) is 0 Å². The molecule has 0 radical (unpaired) electrons. The van der Waals surface area contributed by atoms with Gasteiger partial charge in [0.25, 0.3) is 5.91 Å². The predicted molar refractivity (Wildman–Crippen MR) is 81.4 cm³/mol. The highest BCUT2D eigenvalue weighted by Gasteiger charge is 2.30. The highest BCUT2D eigenvalue weighted by atomic mass is 32.1. The molecule has 21 heavy (non-hydrogen) atoms. The van der Waals surface area contributed by atoms with Crippen LogP contribution in [0.25, 0.3) is 0 Å². The maximum Gasteiger partial charge on any atom is 0.261 e. The monoisotopic (exact) mass is 308 g/mol. The summed E-state index contributed by atoms with van der Waals surface area (Å²) in [5.41, 5.74) is 0. The standard InChI is InChI=1S/C15H20N2O3S/c18-11-4-2-1-3-10(11)16-15(20)12-7-8-13(21-12)17-14(19)9-5-6-9/h7-11,18H,1-6H2,(H,16,20)(H,17,19)/t10-,11-/m1/s1. The second-order valence-corrected chi connectivity index (χ2v) is 6.94. The summed E-state index contributed by atoms with van der Waals surface area (Å²) in [5.74, 6) is 0.0335. The largest absolute Gasteiger partial charge is 0.391 e. The van der Waals surface area contributed by atoms with Gasteiger partial charge in [0.15, 0.2) is 0 Å². The van der Waals surface area contributed by atoms with E-state index in [9.17, 15) is 14.7 Å². The number of thiophene rings is 1. The molecule has 0 aromatic carbocycles. The number of aliphatic hydroxyl groups is 1. The lowest BCUT2D eigenvalue weighted by atomic mass is 9.92. The topological polar surface area (TPSA) is 78.4 Å². The first-order valence-corrected chi connectivity index (χ1v) is 8.35. The fourth-order valence-corrected chi connectivity index (χ4v) is 3.43. The van der Waals surface area contributed by atoms with E-state index in [1.165, 1.54) is 11.3 Å². The van der Waals surface area contributed by atoms with Crippen LogP contribution in [-0.2, 0) is 4.79 Å². The van der Waals surface area contributed by atoms with E-state index >= 15 is 0 Å². The van der Waals surface area contributed by atoms with Crippen molar-refractivity contribution in [1.29, 1.82) is 0 Å². The second-order valence-electron chi connectivity index (χ2n) is 5.86. The Morgan fingerprint density at radius 1 is 1.14 bits per heavy atom. The van der Waals surface area contributed by atoms with E-state index in [-0.39, 0.29) is 23.8 Å². The average Bonchev–Trinajstić information content (AvgIpc) is 3.22. The van der Waals surface area contributed by atoms with Crippen molar-refractivity contribution in [1.82, 2.24) is 5.32 Å². The molecular formula is C15H20N2O3S. The Bertz CT molecular complexity index is 539. The molecule has 2 amide bonds. The fourth-order valence-electron chi connectivity index (χ4n) is 2.62. The summed E-state index contributed by atoms with van der Waals surface area (Å²) in [6.07, 6.45) is 5.10. The SMILES string of the molecule is O=C(N[C@@H]1CCCC[C@H]1O)c1ccc(NC(=O)C2CC2)s1. The molecule has 114 valence electrons. The molecule has 2 aliphatic rings. The van der Waals surface area contributed by atoms with Crippen LogP contribution in [-0.4, -0.2) is 29.1 Å². The van der Waals surface area contributed by atoms with E-state index in [2.05, 4.69) is 10.6 Å². The Morgan fingerprint density at radius 2 is 1.90 bits per heavy atom. The molecule has 0 aliphatic heterocycles. The summed E-state index contributed by atoms with van der Waals surface area (Å²) < 4.78 is 0. The average molecular weight is 308 g/mol. The minimum Gasteiger partial charge on any atom is -0.391 e. The van der Waals surface area contributed by atoms with Crippen molar-refractivity contribution in [2.75, 3.05) is 5.32 Å². The maximum atomic E-state index is 12.2. The van der Waals surface area contributed by atoms with E-state index in [0.717, 1.165) is 38.5 Å².